The molecule has 1 heterocycles. The maximum atomic E-state index is 12.3. The molecule has 2 fully saturated rings. The van der Waals surface area contributed by atoms with Gasteiger partial charge in [-0.05, 0) is 44.9 Å². The molecular formula is C18H28N2O2. The molecule has 1 saturated carbocycles. The number of hydrogen-bond acceptors (Lipinski definition) is 2. The van der Waals surface area contributed by atoms with Crippen molar-refractivity contribution < 1.29 is 9.59 Å². The number of nitrogens with zero attached hydrogens (tertiary/aromatic N) is 1. The molecule has 1 saturated heterocycles. The predicted octanol–water partition coefficient (Wildman–Crippen LogP) is 2.78. The Morgan fingerprint density at radius 1 is 1.23 bits per heavy atom. The van der Waals surface area contributed by atoms with Gasteiger partial charge in [-0.3, -0.25) is 9.59 Å². The molecule has 0 radical (unpaired) electrons. The Morgan fingerprint density at radius 2 is 2.05 bits per heavy atom. The minimum atomic E-state index is -0.131. The third-order valence-corrected chi connectivity index (χ3v) is 5.43. The fourth-order valence-corrected chi connectivity index (χ4v) is 4.10. The highest BCUT2D eigenvalue weighted by molar-refractivity contribution is 5.89. The second kappa shape index (κ2) is 7.30. The van der Waals surface area contributed by atoms with E-state index in [0.717, 1.165) is 25.8 Å². The number of rotatable bonds is 5. The standard InChI is InChI=1S/C18H28N2O2/c21-17-12-15(13-20(17)16-8-4-5-9-16)18(22)19-11-10-14-6-2-1-3-7-14/h6,15-16H,1-5,7-13H2,(H,19,22)/t15-/m1/s1. The molecule has 0 spiro atoms. The van der Waals surface area contributed by atoms with Crippen molar-refractivity contribution in [1.82, 2.24) is 10.2 Å². The van der Waals surface area contributed by atoms with Gasteiger partial charge < -0.3 is 10.2 Å². The highest BCUT2D eigenvalue weighted by Crippen LogP contribution is 2.29. The van der Waals surface area contributed by atoms with Gasteiger partial charge >= 0.3 is 0 Å². The van der Waals surface area contributed by atoms with Crippen molar-refractivity contribution in [3.8, 4) is 0 Å². The lowest BCUT2D eigenvalue weighted by atomic mass is 9.97. The molecule has 1 N–H and O–H groups in total. The average Bonchev–Trinajstić information content (AvgIpc) is 3.17. The summed E-state index contributed by atoms with van der Waals surface area (Å²) in [4.78, 5) is 26.4. The van der Waals surface area contributed by atoms with Crippen LogP contribution < -0.4 is 5.32 Å². The molecule has 3 aliphatic rings. The molecular weight excluding hydrogens is 276 g/mol. The van der Waals surface area contributed by atoms with Crippen molar-refractivity contribution in [2.24, 2.45) is 5.92 Å². The Morgan fingerprint density at radius 3 is 2.77 bits per heavy atom. The summed E-state index contributed by atoms with van der Waals surface area (Å²) >= 11 is 0. The Bertz CT molecular complexity index is 452. The summed E-state index contributed by atoms with van der Waals surface area (Å²) in [5, 5.41) is 3.04. The topological polar surface area (TPSA) is 49.4 Å². The lowest BCUT2D eigenvalue weighted by Gasteiger charge is -2.23. The van der Waals surface area contributed by atoms with Crippen molar-refractivity contribution in [2.75, 3.05) is 13.1 Å². The van der Waals surface area contributed by atoms with Crippen molar-refractivity contribution >= 4 is 11.8 Å². The van der Waals surface area contributed by atoms with E-state index in [0.29, 0.717) is 19.0 Å². The van der Waals surface area contributed by atoms with Gasteiger partial charge in [0.25, 0.3) is 0 Å². The van der Waals surface area contributed by atoms with E-state index in [9.17, 15) is 9.59 Å². The number of carbonyl (C=O) groups excluding carboxylic acids is 2. The van der Waals surface area contributed by atoms with Crippen LogP contribution in [0.1, 0.15) is 64.2 Å². The molecule has 3 rings (SSSR count). The van der Waals surface area contributed by atoms with Gasteiger partial charge in [0, 0.05) is 25.6 Å². The number of carbonyl (C=O) groups is 2. The van der Waals surface area contributed by atoms with Crippen molar-refractivity contribution in [3.05, 3.63) is 11.6 Å². The van der Waals surface area contributed by atoms with Gasteiger partial charge in [-0.2, -0.15) is 0 Å². The molecule has 0 aromatic carbocycles. The molecule has 2 aliphatic carbocycles. The van der Waals surface area contributed by atoms with E-state index < -0.39 is 0 Å². The van der Waals surface area contributed by atoms with Gasteiger partial charge in [0.2, 0.25) is 11.8 Å². The SMILES string of the molecule is O=C(NCCC1=CCCCC1)[C@@H]1CC(=O)N(C2CCCC2)C1. The lowest BCUT2D eigenvalue weighted by molar-refractivity contribution is -0.130. The van der Waals surface area contributed by atoms with E-state index in [2.05, 4.69) is 11.4 Å². The Kier molecular flexibility index (Phi) is 5.16. The summed E-state index contributed by atoms with van der Waals surface area (Å²) in [5.41, 5.74) is 1.49. The summed E-state index contributed by atoms with van der Waals surface area (Å²) in [6.07, 6.45) is 13.4. The fourth-order valence-electron chi connectivity index (χ4n) is 4.10. The van der Waals surface area contributed by atoms with Gasteiger partial charge in [0.1, 0.15) is 0 Å². The molecule has 2 amide bonds. The van der Waals surface area contributed by atoms with E-state index in [1.54, 1.807) is 0 Å². The van der Waals surface area contributed by atoms with Gasteiger partial charge in [-0.25, -0.2) is 0 Å². The molecule has 4 nitrogen and oxygen atoms in total. The second-order valence-electron chi connectivity index (χ2n) is 7.03. The van der Waals surface area contributed by atoms with Crippen LogP contribution in [0.4, 0.5) is 0 Å². The van der Waals surface area contributed by atoms with Crippen LogP contribution in [0, 0.1) is 5.92 Å². The Hall–Kier alpha value is -1.32. The van der Waals surface area contributed by atoms with Crippen LogP contribution in [0.2, 0.25) is 0 Å². The molecule has 22 heavy (non-hydrogen) atoms. The van der Waals surface area contributed by atoms with Crippen molar-refractivity contribution in [3.63, 3.8) is 0 Å². The van der Waals surface area contributed by atoms with Crippen LogP contribution in [0.5, 0.6) is 0 Å². The summed E-state index contributed by atoms with van der Waals surface area (Å²) in [6, 6.07) is 0.401. The Labute approximate surface area is 133 Å². The number of likely N-dealkylation sites (tertiary alicyclic amines) is 1. The first-order valence-corrected chi connectivity index (χ1v) is 8.99. The van der Waals surface area contributed by atoms with E-state index in [1.165, 1.54) is 44.1 Å². The van der Waals surface area contributed by atoms with Crippen molar-refractivity contribution in [1.29, 1.82) is 0 Å². The average molecular weight is 304 g/mol. The fraction of sp³-hybridized carbons (Fsp3) is 0.778. The number of nitrogens with one attached hydrogen (secondary N) is 1. The largest absolute Gasteiger partial charge is 0.355 e. The third kappa shape index (κ3) is 3.71. The first-order valence-electron chi connectivity index (χ1n) is 8.99. The zero-order valence-corrected chi connectivity index (χ0v) is 13.5. The minimum Gasteiger partial charge on any atom is -0.355 e. The summed E-state index contributed by atoms with van der Waals surface area (Å²) in [6.45, 7) is 1.36. The number of allylic oxidation sites excluding steroid dienone is 1. The summed E-state index contributed by atoms with van der Waals surface area (Å²) in [7, 11) is 0. The number of hydrogen-bond donors (Lipinski definition) is 1. The second-order valence-corrected chi connectivity index (χ2v) is 7.03. The molecule has 0 aromatic heterocycles. The van der Waals surface area contributed by atoms with Crippen LogP contribution in [-0.4, -0.2) is 35.8 Å². The van der Waals surface area contributed by atoms with Crippen LogP contribution in [-0.2, 0) is 9.59 Å². The molecule has 122 valence electrons. The number of amides is 2. The molecule has 1 atom stereocenters. The van der Waals surface area contributed by atoms with Crippen LogP contribution in [0.3, 0.4) is 0 Å². The van der Waals surface area contributed by atoms with Crippen LogP contribution in [0.15, 0.2) is 11.6 Å². The smallest absolute Gasteiger partial charge is 0.225 e. The quantitative estimate of drug-likeness (QED) is 0.794. The van der Waals surface area contributed by atoms with E-state index >= 15 is 0 Å². The zero-order chi connectivity index (χ0) is 15.4. The highest BCUT2D eigenvalue weighted by Gasteiger charge is 2.38. The molecule has 4 heteroatoms. The van der Waals surface area contributed by atoms with Gasteiger partial charge in [-0.1, -0.05) is 24.5 Å². The summed E-state index contributed by atoms with van der Waals surface area (Å²) < 4.78 is 0. The van der Waals surface area contributed by atoms with E-state index in [1.807, 2.05) is 4.90 Å². The molecule has 0 aromatic rings. The monoisotopic (exact) mass is 304 g/mol. The predicted molar refractivity (Wildman–Crippen MR) is 86.3 cm³/mol. The molecule has 0 unspecified atom stereocenters. The summed E-state index contributed by atoms with van der Waals surface area (Å²) in [5.74, 6) is 0.126. The Balaban J connectivity index is 1.42. The van der Waals surface area contributed by atoms with E-state index in [4.69, 9.17) is 0 Å². The highest BCUT2D eigenvalue weighted by atomic mass is 16.2. The maximum absolute atomic E-state index is 12.3. The van der Waals surface area contributed by atoms with Crippen LogP contribution in [0.25, 0.3) is 0 Å². The zero-order valence-electron chi connectivity index (χ0n) is 13.5. The molecule has 1 aliphatic heterocycles. The normalized spacial score (nSPS) is 26.4. The van der Waals surface area contributed by atoms with Crippen LogP contribution >= 0.6 is 0 Å². The van der Waals surface area contributed by atoms with Gasteiger partial charge in [0.15, 0.2) is 0 Å². The lowest BCUT2D eigenvalue weighted by Crippen LogP contribution is -2.37. The van der Waals surface area contributed by atoms with E-state index in [-0.39, 0.29) is 17.7 Å². The van der Waals surface area contributed by atoms with Crippen molar-refractivity contribution in [2.45, 2.75) is 70.3 Å². The minimum absolute atomic E-state index is 0.0743. The first kappa shape index (κ1) is 15.6. The van der Waals surface area contributed by atoms with Gasteiger partial charge in [0.05, 0.1) is 5.92 Å². The van der Waals surface area contributed by atoms with Gasteiger partial charge in [-0.15, -0.1) is 0 Å². The maximum Gasteiger partial charge on any atom is 0.225 e. The first-order chi connectivity index (χ1) is 10.7. The molecule has 0 bridgehead atoms. The third-order valence-electron chi connectivity index (χ3n) is 5.43.